The molecule has 5 heteroatoms. The Morgan fingerprint density at radius 1 is 0.339 bits per heavy atom. The van der Waals surface area contributed by atoms with Crippen LogP contribution >= 0.6 is 34.0 Å². The first-order valence-corrected chi connectivity index (χ1v) is 22.4. The van der Waals surface area contributed by atoms with Crippen LogP contribution in [0.3, 0.4) is 0 Å². The molecule has 0 atom stereocenters. The second kappa shape index (κ2) is 12.9. The van der Waals surface area contributed by atoms with E-state index in [1.165, 1.54) is 111 Å². The van der Waals surface area contributed by atoms with E-state index in [9.17, 15) is 0 Å². The summed E-state index contributed by atoms with van der Waals surface area (Å²) < 4.78 is 10.2. The van der Waals surface area contributed by atoms with Crippen molar-refractivity contribution in [2.24, 2.45) is 0 Å². The Morgan fingerprint density at radius 2 is 0.864 bits per heavy atom. The standard InChI is InChI=1S/C54H32N2S3/c1-6-22-42-36(16-1)37-17-2-7-23-43(37)55(42)34-15-11-14-33(32-34)35-30-31-45(52-41-20-5-10-28-49(41)59-54(35)52)56(44-24-13-29-50-51(44)40-19-4-9-27-48(40)57-50)46-25-12-21-39-38-18-3-8-26-47(38)58-53(39)46/h1-32H. The Labute approximate surface area is 351 Å². The minimum absolute atomic E-state index is 1.16. The fourth-order valence-electron chi connectivity index (χ4n) is 9.48. The van der Waals surface area contributed by atoms with Gasteiger partial charge < -0.3 is 9.47 Å². The van der Waals surface area contributed by atoms with E-state index in [1.54, 1.807) is 0 Å². The first-order valence-electron chi connectivity index (χ1n) is 19.9. The highest BCUT2D eigenvalue weighted by molar-refractivity contribution is 7.27. The van der Waals surface area contributed by atoms with Gasteiger partial charge in [-0.05, 0) is 77.9 Å². The van der Waals surface area contributed by atoms with Crippen LogP contribution in [0, 0.1) is 0 Å². The van der Waals surface area contributed by atoms with Crippen molar-refractivity contribution in [1.29, 1.82) is 0 Å². The van der Waals surface area contributed by atoms with Crippen LogP contribution in [0.1, 0.15) is 0 Å². The summed E-state index contributed by atoms with van der Waals surface area (Å²) in [5, 5.41) is 10.3. The SMILES string of the molecule is c1cc(-c2ccc(N(c3cccc4c3sc3ccccc34)c3cccc4sc5ccccc5c34)c3c2sc2ccccc23)cc(-n2c3ccccc3c3ccccc32)c1. The highest BCUT2D eigenvalue weighted by Crippen LogP contribution is 2.53. The van der Waals surface area contributed by atoms with Gasteiger partial charge in [-0.1, -0.05) is 127 Å². The largest absolute Gasteiger partial charge is 0.309 e. The lowest BCUT2D eigenvalue weighted by molar-refractivity contribution is 1.18. The summed E-state index contributed by atoms with van der Waals surface area (Å²) in [4.78, 5) is 2.58. The Morgan fingerprint density at radius 3 is 1.63 bits per heavy atom. The number of hydrogen-bond donors (Lipinski definition) is 0. The molecular formula is C54H32N2S3. The van der Waals surface area contributed by atoms with Crippen molar-refractivity contribution in [3.8, 4) is 16.8 Å². The predicted molar refractivity (Wildman–Crippen MR) is 260 cm³/mol. The second-order valence-electron chi connectivity index (χ2n) is 15.2. The van der Waals surface area contributed by atoms with Gasteiger partial charge in [0.15, 0.2) is 0 Å². The van der Waals surface area contributed by atoms with E-state index in [1.807, 2.05) is 34.0 Å². The molecule has 276 valence electrons. The number of para-hydroxylation sites is 2. The first-order chi connectivity index (χ1) is 29.3. The van der Waals surface area contributed by atoms with Crippen LogP contribution in [0.5, 0.6) is 0 Å². The highest BCUT2D eigenvalue weighted by Gasteiger charge is 2.26. The van der Waals surface area contributed by atoms with E-state index in [0.29, 0.717) is 0 Å². The normalized spacial score (nSPS) is 12.1. The zero-order chi connectivity index (χ0) is 38.6. The van der Waals surface area contributed by atoms with Crippen molar-refractivity contribution in [2.75, 3.05) is 4.90 Å². The smallest absolute Gasteiger partial charge is 0.0640 e. The molecule has 0 spiro atoms. The van der Waals surface area contributed by atoms with Crippen molar-refractivity contribution in [1.82, 2.24) is 4.57 Å². The lowest BCUT2D eigenvalue weighted by Crippen LogP contribution is -2.11. The molecule has 0 bridgehead atoms. The van der Waals surface area contributed by atoms with Crippen LogP contribution in [-0.2, 0) is 0 Å². The van der Waals surface area contributed by atoms with E-state index in [-0.39, 0.29) is 0 Å². The van der Waals surface area contributed by atoms with Gasteiger partial charge in [0.2, 0.25) is 0 Å². The van der Waals surface area contributed by atoms with Crippen LogP contribution in [0.2, 0.25) is 0 Å². The molecular weight excluding hydrogens is 773 g/mol. The van der Waals surface area contributed by atoms with Gasteiger partial charge in [-0.3, -0.25) is 0 Å². The van der Waals surface area contributed by atoms with Gasteiger partial charge >= 0.3 is 0 Å². The van der Waals surface area contributed by atoms with Crippen LogP contribution < -0.4 is 4.90 Å². The van der Waals surface area contributed by atoms with Gasteiger partial charge in [-0.15, -0.1) is 34.0 Å². The van der Waals surface area contributed by atoms with Crippen LogP contribution in [0.15, 0.2) is 194 Å². The number of thiophene rings is 3. The van der Waals surface area contributed by atoms with E-state index in [0.717, 1.165) is 5.69 Å². The fourth-order valence-corrected chi connectivity index (χ4v) is 13.1. The summed E-state index contributed by atoms with van der Waals surface area (Å²) in [5.41, 5.74) is 9.62. The molecule has 59 heavy (non-hydrogen) atoms. The van der Waals surface area contributed by atoms with Crippen molar-refractivity contribution in [3.63, 3.8) is 0 Å². The topological polar surface area (TPSA) is 8.17 Å². The average Bonchev–Trinajstić information content (AvgIpc) is 4.06. The van der Waals surface area contributed by atoms with Gasteiger partial charge in [-0.25, -0.2) is 0 Å². The molecule has 0 saturated heterocycles. The first kappa shape index (κ1) is 33.2. The van der Waals surface area contributed by atoms with Crippen molar-refractivity contribution in [3.05, 3.63) is 194 Å². The molecule has 13 rings (SSSR count). The minimum atomic E-state index is 1.16. The molecule has 0 fully saturated rings. The van der Waals surface area contributed by atoms with Crippen molar-refractivity contribution < 1.29 is 0 Å². The monoisotopic (exact) mass is 804 g/mol. The quantitative estimate of drug-likeness (QED) is 0.168. The Bertz CT molecular complexity index is 3770. The maximum Gasteiger partial charge on any atom is 0.0640 e. The summed E-state index contributed by atoms with van der Waals surface area (Å²) in [6, 6.07) is 71.8. The molecule has 0 aliphatic rings. The average molecular weight is 805 g/mol. The molecule has 0 radical (unpaired) electrons. The number of fused-ring (bicyclic) bond motifs is 12. The van der Waals surface area contributed by atoms with E-state index in [4.69, 9.17) is 0 Å². The van der Waals surface area contributed by atoms with Crippen LogP contribution in [0.25, 0.3) is 99.1 Å². The van der Waals surface area contributed by atoms with Gasteiger partial charge in [0.1, 0.15) is 0 Å². The second-order valence-corrected chi connectivity index (χ2v) is 18.4. The van der Waals surface area contributed by atoms with Gasteiger partial charge in [0, 0.05) is 72.3 Å². The third-order valence-electron chi connectivity index (χ3n) is 12.0. The molecule has 13 aromatic rings. The van der Waals surface area contributed by atoms with E-state index < -0.39 is 0 Å². The number of hydrogen-bond acceptors (Lipinski definition) is 4. The summed E-state index contributed by atoms with van der Waals surface area (Å²) in [7, 11) is 0. The van der Waals surface area contributed by atoms with E-state index in [2.05, 4.69) is 204 Å². The summed E-state index contributed by atoms with van der Waals surface area (Å²) in [6.45, 7) is 0. The molecule has 0 aliphatic carbocycles. The lowest BCUT2D eigenvalue weighted by atomic mass is 9.99. The van der Waals surface area contributed by atoms with Gasteiger partial charge in [0.05, 0.1) is 32.8 Å². The number of benzene rings is 9. The van der Waals surface area contributed by atoms with E-state index >= 15 is 0 Å². The maximum atomic E-state index is 2.58. The number of anilines is 3. The molecule has 0 amide bonds. The van der Waals surface area contributed by atoms with Gasteiger partial charge in [-0.2, -0.15) is 0 Å². The van der Waals surface area contributed by atoms with Crippen molar-refractivity contribution >= 4 is 133 Å². The molecule has 0 N–H and O–H groups in total. The third-order valence-corrected chi connectivity index (χ3v) is 15.5. The highest BCUT2D eigenvalue weighted by atomic mass is 32.1. The molecule has 4 aromatic heterocycles. The van der Waals surface area contributed by atoms with Crippen LogP contribution in [0.4, 0.5) is 17.1 Å². The van der Waals surface area contributed by atoms with Gasteiger partial charge in [0.25, 0.3) is 0 Å². The zero-order valence-corrected chi connectivity index (χ0v) is 34.0. The van der Waals surface area contributed by atoms with Crippen LogP contribution in [-0.4, -0.2) is 4.57 Å². The van der Waals surface area contributed by atoms with Crippen molar-refractivity contribution in [2.45, 2.75) is 0 Å². The zero-order valence-electron chi connectivity index (χ0n) is 31.6. The number of aromatic nitrogens is 1. The summed E-state index contributed by atoms with van der Waals surface area (Å²) >= 11 is 5.67. The number of nitrogens with zero attached hydrogens (tertiary/aromatic N) is 2. The molecule has 0 aliphatic heterocycles. The molecule has 2 nitrogen and oxygen atoms in total. The molecule has 4 heterocycles. The fraction of sp³-hybridized carbons (Fsp3) is 0. The predicted octanol–water partition coefficient (Wildman–Crippen LogP) is 17.0. The Balaban J connectivity index is 1.11. The summed E-state index contributed by atoms with van der Waals surface area (Å²) in [6.07, 6.45) is 0. The maximum absolute atomic E-state index is 2.58. The molecule has 0 saturated carbocycles. The molecule has 0 unspecified atom stereocenters. The Hall–Kier alpha value is -6.76. The minimum Gasteiger partial charge on any atom is -0.309 e. The molecule has 9 aromatic carbocycles. The third kappa shape index (κ3) is 4.90. The number of rotatable bonds is 5. The Kier molecular flexibility index (Phi) is 7.25. The summed E-state index contributed by atoms with van der Waals surface area (Å²) in [5.74, 6) is 0. The lowest BCUT2D eigenvalue weighted by Gasteiger charge is -2.28.